The zero-order valence-corrected chi connectivity index (χ0v) is 17.6. The van der Waals surface area contributed by atoms with Gasteiger partial charge in [-0.3, -0.25) is 9.59 Å². The van der Waals surface area contributed by atoms with E-state index in [4.69, 9.17) is 0 Å². The number of carbonyl (C=O) groups excluding carboxylic acids is 2. The summed E-state index contributed by atoms with van der Waals surface area (Å²) in [7, 11) is 0. The van der Waals surface area contributed by atoms with Gasteiger partial charge in [-0.05, 0) is 35.2 Å². The molecule has 0 heterocycles. The molecule has 1 N–H and O–H groups in total. The normalized spacial score (nSPS) is 11.5. The molecule has 3 aromatic rings. The molecule has 1 atom stereocenters. The van der Waals surface area contributed by atoms with E-state index < -0.39 is 6.04 Å². The highest BCUT2D eigenvalue weighted by molar-refractivity contribution is 5.88. The van der Waals surface area contributed by atoms with Crippen molar-refractivity contribution in [3.63, 3.8) is 0 Å². The number of hydrogen-bond acceptors (Lipinski definition) is 2. The van der Waals surface area contributed by atoms with Crippen LogP contribution in [0.1, 0.15) is 36.1 Å². The molecule has 5 heteroatoms. The largest absolute Gasteiger partial charge is 0.354 e. The maximum Gasteiger partial charge on any atom is 0.247 e. The van der Waals surface area contributed by atoms with E-state index in [1.165, 1.54) is 12.1 Å². The molecule has 0 fully saturated rings. The van der Waals surface area contributed by atoms with E-state index in [-0.39, 0.29) is 30.6 Å². The second-order valence-corrected chi connectivity index (χ2v) is 7.34. The fourth-order valence-electron chi connectivity index (χ4n) is 3.49. The summed E-state index contributed by atoms with van der Waals surface area (Å²) in [6, 6.07) is 24.4. The molecule has 0 aliphatic heterocycles. The number of benzene rings is 3. The Bertz CT molecular complexity index is 975. The minimum Gasteiger partial charge on any atom is -0.354 e. The van der Waals surface area contributed by atoms with Gasteiger partial charge < -0.3 is 10.2 Å². The van der Waals surface area contributed by atoms with Crippen molar-refractivity contribution in [2.24, 2.45) is 0 Å². The highest BCUT2D eigenvalue weighted by Crippen LogP contribution is 2.24. The van der Waals surface area contributed by atoms with Gasteiger partial charge >= 0.3 is 0 Å². The van der Waals surface area contributed by atoms with E-state index in [2.05, 4.69) is 5.32 Å². The van der Waals surface area contributed by atoms with Gasteiger partial charge in [0.1, 0.15) is 11.9 Å². The molecule has 0 aromatic heterocycles. The molecule has 0 spiro atoms. The Hall–Kier alpha value is -3.47. The lowest BCUT2D eigenvalue weighted by molar-refractivity contribution is -0.141. The molecule has 3 aromatic carbocycles. The summed E-state index contributed by atoms with van der Waals surface area (Å²) in [6.07, 6.45) is 0.968. The lowest BCUT2D eigenvalue weighted by atomic mass is 10.0. The van der Waals surface area contributed by atoms with E-state index in [1.807, 2.05) is 60.7 Å². The van der Waals surface area contributed by atoms with Gasteiger partial charge in [0.25, 0.3) is 0 Å². The average molecular weight is 419 g/mol. The second-order valence-electron chi connectivity index (χ2n) is 7.34. The average Bonchev–Trinajstić information content (AvgIpc) is 2.81. The molecule has 31 heavy (non-hydrogen) atoms. The molecule has 2 amide bonds. The molecule has 0 aliphatic rings. The first-order valence-electron chi connectivity index (χ1n) is 10.5. The quantitative estimate of drug-likeness (QED) is 0.549. The summed E-state index contributed by atoms with van der Waals surface area (Å²) < 4.78 is 13.3. The van der Waals surface area contributed by atoms with Crippen molar-refractivity contribution in [2.75, 3.05) is 6.54 Å². The molecule has 0 saturated heterocycles. The maximum atomic E-state index is 13.3. The first-order valence-corrected chi connectivity index (χ1v) is 10.5. The second kappa shape index (κ2) is 11.1. The lowest BCUT2D eigenvalue weighted by Gasteiger charge is -2.31. The molecular formula is C26H27FN2O2. The summed E-state index contributed by atoms with van der Waals surface area (Å²) in [6.45, 7) is 2.46. The third-order valence-electron chi connectivity index (χ3n) is 5.12. The number of amides is 2. The monoisotopic (exact) mass is 418 g/mol. The van der Waals surface area contributed by atoms with E-state index in [0.29, 0.717) is 13.0 Å². The molecule has 160 valence electrons. The van der Waals surface area contributed by atoms with Crippen molar-refractivity contribution in [3.05, 3.63) is 107 Å². The van der Waals surface area contributed by atoms with Crippen molar-refractivity contribution in [3.8, 4) is 0 Å². The zero-order valence-electron chi connectivity index (χ0n) is 17.6. The number of hydrogen-bond donors (Lipinski definition) is 1. The Kier molecular flexibility index (Phi) is 7.93. The first kappa shape index (κ1) is 22.2. The zero-order chi connectivity index (χ0) is 22.1. The Morgan fingerprint density at radius 3 is 2.10 bits per heavy atom. The number of nitrogens with zero attached hydrogens (tertiary/aromatic N) is 1. The van der Waals surface area contributed by atoms with Crippen molar-refractivity contribution in [1.82, 2.24) is 10.2 Å². The standard InChI is InChI=1S/C26H27FN2O2/c1-2-24(30)29(19-21-13-15-23(27)16-14-21)25(22-11-7-4-8-12-22)26(31)28-18-17-20-9-5-3-6-10-20/h3-16,25H,2,17-19H2,1H3,(H,28,31)/t25-/m1/s1. The number of rotatable bonds is 9. The smallest absolute Gasteiger partial charge is 0.247 e. The molecule has 0 unspecified atom stereocenters. The summed E-state index contributed by atoms with van der Waals surface area (Å²) in [4.78, 5) is 27.7. The highest BCUT2D eigenvalue weighted by atomic mass is 19.1. The fraction of sp³-hybridized carbons (Fsp3) is 0.231. The lowest BCUT2D eigenvalue weighted by Crippen LogP contribution is -2.43. The van der Waals surface area contributed by atoms with Gasteiger partial charge in [-0.2, -0.15) is 0 Å². The van der Waals surface area contributed by atoms with Crippen LogP contribution in [-0.4, -0.2) is 23.3 Å². The highest BCUT2D eigenvalue weighted by Gasteiger charge is 2.30. The Balaban J connectivity index is 1.83. The number of halogens is 1. The van der Waals surface area contributed by atoms with Crippen LogP contribution in [0, 0.1) is 5.82 Å². The van der Waals surface area contributed by atoms with Crippen LogP contribution in [0.15, 0.2) is 84.9 Å². The van der Waals surface area contributed by atoms with Crippen molar-refractivity contribution in [2.45, 2.75) is 32.4 Å². The van der Waals surface area contributed by atoms with Crippen molar-refractivity contribution < 1.29 is 14.0 Å². The SMILES string of the molecule is CCC(=O)N(Cc1ccc(F)cc1)[C@@H](C(=O)NCCc1ccccc1)c1ccccc1. The van der Waals surface area contributed by atoms with Gasteiger partial charge in [-0.15, -0.1) is 0 Å². The Morgan fingerprint density at radius 2 is 1.48 bits per heavy atom. The predicted octanol–water partition coefficient (Wildman–Crippen LogP) is 4.66. The third kappa shape index (κ3) is 6.25. The van der Waals surface area contributed by atoms with Crippen LogP contribution in [-0.2, 0) is 22.6 Å². The van der Waals surface area contributed by atoms with Gasteiger partial charge in [-0.1, -0.05) is 79.7 Å². The van der Waals surface area contributed by atoms with Crippen LogP contribution in [0.4, 0.5) is 4.39 Å². The van der Waals surface area contributed by atoms with Crippen molar-refractivity contribution in [1.29, 1.82) is 0 Å². The molecule has 0 radical (unpaired) electrons. The molecule has 4 nitrogen and oxygen atoms in total. The van der Waals surface area contributed by atoms with E-state index in [1.54, 1.807) is 24.0 Å². The first-order chi connectivity index (χ1) is 15.1. The van der Waals surface area contributed by atoms with Gasteiger partial charge in [0.15, 0.2) is 0 Å². The van der Waals surface area contributed by atoms with Crippen LogP contribution in [0.2, 0.25) is 0 Å². The van der Waals surface area contributed by atoms with Gasteiger partial charge in [0.05, 0.1) is 0 Å². The number of carbonyl (C=O) groups is 2. The topological polar surface area (TPSA) is 49.4 Å². The summed E-state index contributed by atoms with van der Waals surface area (Å²) in [5.41, 5.74) is 2.64. The van der Waals surface area contributed by atoms with E-state index in [9.17, 15) is 14.0 Å². The van der Waals surface area contributed by atoms with Crippen LogP contribution < -0.4 is 5.32 Å². The fourth-order valence-corrected chi connectivity index (χ4v) is 3.49. The Labute approximate surface area is 182 Å². The van der Waals surface area contributed by atoms with Gasteiger partial charge in [-0.25, -0.2) is 4.39 Å². The molecule has 0 saturated carbocycles. The van der Waals surface area contributed by atoms with Crippen LogP contribution in [0.25, 0.3) is 0 Å². The molecular weight excluding hydrogens is 391 g/mol. The van der Waals surface area contributed by atoms with E-state index in [0.717, 1.165) is 16.7 Å². The van der Waals surface area contributed by atoms with E-state index >= 15 is 0 Å². The molecule has 3 rings (SSSR count). The van der Waals surface area contributed by atoms with Gasteiger partial charge in [0, 0.05) is 19.5 Å². The summed E-state index contributed by atoms with van der Waals surface area (Å²) in [5, 5.41) is 2.99. The maximum absolute atomic E-state index is 13.3. The van der Waals surface area contributed by atoms with Crippen molar-refractivity contribution >= 4 is 11.8 Å². The Morgan fingerprint density at radius 1 is 0.871 bits per heavy atom. The summed E-state index contributed by atoms with van der Waals surface area (Å²) >= 11 is 0. The predicted molar refractivity (Wildman–Crippen MR) is 120 cm³/mol. The third-order valence-corrected chi connectivity index (χ3v) is 5.12. The molecule has 0 aliphatic carbocycles. The van der Waals surface area contributed by atoms with Crippen LogP contribution in [0.5, 0.6) is 0 Å². The van der Waals surface area contributed by atoms with Crippen LogP contribution >= 0.6 is 0 Å². The van der Waals surface area contributed by atoms with Gasteiger partial charge in [0.2, 0.25) is 11.8 Å². The van der Waals surface area contributed by atoms with Crippen LogP contribution in [0.3, 0.4) is 0 Å². The minimum atomic E-state index is -0.769. The molecule has 0 bridgehead atoms. The minimum absolute atomic E-state index is 0.142. The summed E-state index contributed by atoms with van der Waals surface area (Å²) in [5.74, 6) is -0.710. The number of nitrogens with one attached hydrogen (secondary N) is 1.